The molecule has 3 N–H and O–H groups in total. The van der Waals surface area contributed by atoms with Gasteiger partial charge in [0, 0.05) is 17.8 Å². The minimum Gasteiger partial charge on any atom is -0.399 e. The van der Waals surface area contributed by atoms with E-state index in [0.29, 0.717) is 11.3 Å². The third kappa shape index (κ3) is 7.53. The van der Waals surface area contributed by atoms with Crippen LogP contribution in [0.15, 0.2) is 24.3 Å². The first-order valence-electron chi connectivity index (χ1n) is 5.17. The van der Waals surface area contributed by atoms with Gasteiger partial charge in [0.2, 0.25) is 0 Å². The number of anilines is 1. The second-order valence-corrected chi connectivity index (χ2v) is 3.55. The number of hydrogen-bond acceptors (Lipinski definition) is 3. The largest absolute Gasteiger partial charge is 0.411 e. The maximum absolute atomic E-state index is 11.7. The number of ether oxygens (including phenoxy) is 1. The normalized spacial score (nSPS) is 10.7. The Bertz CT molecular complexity index is 396. The van der Waals surface area contributed by atoms with Crippen LogP contribution in [0.2, 0.25) is 0 Å². The molecule has 1 aromatic carbocycles. The van der Waals surface area contributed by atoms with Crippen molar-refractivity contribution < 1.29 is 22.7 Å². The van der Waals surface area contributed by atoms with Gasteiger partial charge in [0.25, 0.3) is 5.91 Å². The van der Waals surface area contributed by atoms with Gasteiger partial charge < -0.3 is 15.8 Å². The Labute approximate surface area is 114 Å². The second kappa shape index (κ2) is 7.85. The summed E-state index contributed by atoms with van der Waals surface area (Å²) in [6, 6.07) is 6.19. The molecule has 0 spiro atoms. The van der Waals surface area contributed by atoms with Crippen LogP contribution in [0.25, 0.3) is 0 Å². The summed E-state index contributed by atoms with van der Waals surface area (Å²) >= 11 is 0. The average Bonchev–Trinajstić information content (AvgIpc) is 2.27. The van der Waals surface area contributed by atoms with Crippen LogP contribution in [-0.2, 0) is 4.74 Å². The molecule has 0 aliphatic carbocycles. The predicted octanol–water partition coefficient (Wildman–Crippen LogP) is 2.00. The fourth-order valence-electron chi connectivity index (χ4n) is 1.16. The molecule has 4 nitrogen and oxygen atoms in total. The number of halogens is 4. The third-order valence-electron chi connectivity index (χ3n) is 1.97. The van der Waals surface area contributed by atoms with Crippen molar-refractivity contribution >= 4 is 24.0 Å². The lowest BCUT2D eigenvalue weighted by Crippen LogP contribution is -2.28. The van der Waals surface area contributed by atoms with Crippen molar-refractivity contribution in [3.8, 4) is 0 Å². The first-order chi connectivity index (χ1) is 8.38. The van der Waals surface area contributed by atoms with Gasteiger partial charge in [-0.05, 0) is 24.3 Å². The van der Waals surface area contributed by atoms with Crippen molar-refractivity contribution in [2.24, 2.45) is 0 Å². The van der Waals surface area contributed by atoms with Crippen LogP contribution in [0, 0.1) is 0 Å². The van der Waals surface area contributed by atoms with Crippen molar-refractivity contribution in [3.05, 3.63) is 29.8 Å². The lowest BCUT2D eigenvalue weighted by atomic mass is 10.2. The molecule has 0 unspecified atom stereocenters. The van der Waals surface area contributed by atoms with Gasteiger partial charge >= 0.3 is 6.18 Å². The molecule has 1 amide bonds. The first kappa shape index (κ1) is 17.5. The molecule has 0 radical (unpaired) electrons. The number of rotatable bonds is 5. The second-order valence-electron chi connectivity index (χ2n) is 3.55. The van der Waals surface area contributed by atoms with E-state index < -0.39 is 12.8 Å². The van der Waals surface area contributed by atoms with E-state index >= 15 is 0 Å². The van der Waals surface area contributed by atoms with Crippen molar-refractivity contribution in [2.75, 3.05) is 25.5 Å². The number of hydrogen-bond donors (Lipinski definition) is 2. The van der Waals surface area contributed by atoms with Crippen LogP contribution in [0.1, 0.15) is 10.4 Å². The molecule has 108 valence electrons. The molecular formula is C11H14ClF3N2O2. The van der Waals surface area contributed by atoms with Crippen LogP contribution >= 0.6 is 12.4 Å². The van der Waals surface area contributed by atoms with E-state index in [1.165, 1.54) is 12.1 Å². The molecule has 1 aromatic rings. The zero-order chi connectivity index (χ0) is 13.6. The van der Waals surface area contributed by atoms with E-state index in [0.717, 1.165) is 0 Å². The van der Waals surface area contributed by atoms with E-state index in [9.17, 15) is 18.0 Å². The SMILES string of the molecule is Cl.Nc1ccc(C(=O)NCCOCC(F)(F)F)cc1. The highest BCUT2D eigenvalue weighted by Gasteiger charge is 2.27. The van der Waals surface area contributed by atoms with E-state index in [4.69, 9.17) is 5.73 Å². The fraction of sp³-hybridized carbons (Fsp3) is 0.364. The minimum atomic E-state index is -4.35. The van der Waals surface area contributed by atoms with E-state index in [-0.39, 0.29) is 31.5 Å². The Morgan fingerprint density at radius 3 is 2.37 bits per heavy atom. The summed E-state index contributed by atoms with van der Waals surface area (Å²) in [5.41, 5.74) is 6.37. The molecule has 0 saturated carbocycles. The van der Waals surface area contributed by atoms with E-state index in [1.807, 2.05) is 0 Å². The molecule has 1 rings (SSSR count). The van der Waals surface area contributed by atoms with Crippen molar-refractivity contribution in [3.63, 3.8) is 0 Å². The Hall–Kier alpha value is -1.47. The number of amides is 1. The zero-order valence-corrected chi connectivity index (χ0v) is 10.7. The maximum atomic E-state index is 11.7. The van der Waals surface area contributed by atoms with Gasteiger partial charge in [-0.1, -0.05) is 0 Å². The summed E-state index contributed by atoms with van der Waals surface area (Å²) in [6.07, 6.45) is -4.35. The highest BCUT2D eigenvalue weighted by molar-refractivity contribution is 5.94. The number of nitrogens with two attached hydrogens (primary N) is 1. The summed E-state index contributed by atoms with van der Waals surface area (Å²) in [5.74, 6) is -0.384. The van der Waals surface area contributed by atoms with Gasteiger partial charge in [-0.3, -0.25) is 4.79 Å². The van der Waals surface area contributed by atoms with E-state index in [1.54, 1.807) is 12.1 Å². The van der Waals surface area contributed by atoms with Gasteiger partial charge in [-0.25, -0.2) is 0 Å². The maximum Gasteiger partial charge on any atom is 0.411 e. The molecule has 19 heavy (non-hydrogen) atoms. The summed E-state index contributed by atoms with van der Waals surface area (Å²) in [6.45, 7) is -1.50. The topological polar surface area (TPSA) is 64.4 Å². The molecule has 0 bridgehead atoms. The first-order valence-corrected chi connectivity index (χ1v) is 5.17. The summed E-state index contributed by atoms with van der Waals surface area (Å²) in [7, 11) is 0. The standard InChI is InChI=1S/C11H13F3N2O2.ClH/c12-11(13,14)7-18-6-5-16-10(17)8-1-3-9(15)4-2-8;/h1-4H,5-7,15H2,(H,16,17);1H. The van der Waals surface area contributed by atoms with Gasteiger partial charge in [0.05, 0.1) is 6.61 Å². The summed E-state index contributed by atoms with van der Waals surface area (Å²) in [5, 5.41) is 2.43. The zero-order valence-electron chi connectivity index (χ0n) is 9.87. The lowest BCUT2D eigenvalue weighted by Gasteiger charge is -2.08. The predicted molar refractivity (Wildman–Crippen MR) is 67.3 cm³/mol. The van der Waals surface area contributed by atoms with Gasteiger partial charge in [-0.15, -0.1) is 12.4 Å². The molecule has 0 heterocycles. The highest BCUT2D eigenvalue weighted by atomic mass is 35.5. The molecule has 0 aliphatic heterocycles. The van der Waals surface area contributed by atoms with Gasteiger partial charge in [0.15, 0.2) is 0 Å². The van der Waals surface area contributed by atoms with Crippen LogP contribution in [-0.4, -0.2) is 31.8 Å². The number of carbonyl (C=O) groups is 1. The molecule has 0 fully saturated rings. The molecular weight excluding hydrogens is 285 g/mol. The average molecular weight is 299 g/mol. The fourth-order valence-corrected chi connectivity index (χ4v) is 1.16. The Morgan fingerprint density at radius 2 is 1.84 bits per heavy atom. The lowest BCUT2D eigenvalue weighted by molar-refractivity contribution is -0.173. The van der Waals surface area contributed by atoms with Crippen LogP contribution < -0.4 is 11.1 Å². The number of carbonyl (C=O) groups excluding carboxylic acids is 1. The Morgan fingerprint density at radius 1 is 1.26 bits per heavy atom. The molecule has 0 aliphatic rings. The Kier molecular flexibility index (Phi) is 7.25. The third-order valence-corrected chi connectivity index (χ3v) is 1.97. The molecule has 0 aromatic heterocycles. The minimum absolute atomic E-state index is 0. The Balaban J connectivity index is 0.00000324. The smallest absolute Gasteiger partial charge is 0.399 e. The van der Waals surface area contributed by atoms with Gasteiger partial charge in [-0.2, -0.15) is 13.2 Å². The molecule has 0 atom stereocenters. The van der Waals surface area contributed by atoms with Crippen molar-refractivity contribution in [1.82, 2.24) is 5.32 Å². The number of nitrogens with one attached hydrogen (secondary N) is 1. The quantitative estimate of drug-likeness (QED) is 0.645. The molecule has 0 saturated heterocycles. The summed E-state index contributed by atoms with van der Waals surface area (Å²) < 4.78 is 39.5. The highest BCUT2D eigenvalue weighted by Crippen LogP contribution is 2.13. The monoisotopic (exact) mass is 298 g/mol. The van der Waals surface area contributed by atoms with Crippen LogP contribution in [0.4, 0.5) is 18.9 Å². The van der Waals surface area contributed by atoms with Crippen molar-refractivity contribution in [2.45, 2.75) is 6.18 Å². The number of benzene rings is 1. The van der Waals surface area contributed by atoms with Crippen molar-refractivity contribution in [1.29, 1.82) is 0 Å². The number of alkyl halides is 3. The van der Waals surface area contributed by atoms with Crippen LogP contribution in [0.5, 0.6) is 0 Å². The van der Waals surface area contributed by atoms with E-state index in [2.05, 4.69) is 10.1 Å². The van der Waals surface area contributed by atoms with Crippen LogP contribution in [0.3, 0.4) is 0 Å². The summed E-state index contributed by atoms with van der Waals surface area (Å²) in [4.78, 5) is 11.5. The molecule has 8 heteroatoms. The van der Waals surface area contributed by atoms with Gasteiger partial charge in [0.1, 0.15) is 6.61 Å². The number of nitrogen functional groups attached to an aromatic ring is 1.